The molecule has 6 heteroatoms. The van der Waals surface area contributed by atoms with Crippen LogP contribution in [0.1, 0.15) is 30.9 Å². The molecule has 2 aromatic rings. The summed E-state index contributed by atoms with van der Waals surface area (Å²) in [6.07, 6.45) is 6.99. The zero-order chi connectivity index (χ0) is 20.9. The summed E-state index contributed by atoms with van der Waals surface area (Å²) in [5.74, 6) is -0.766. The predicted octanol–water partition coefficient (Wildman–Crippen LogP) is 2.81. The second-order valence-corrected chi connectivity index (χ2v) is 8.65. The van der Waals surface area contributed by atoms with Crippen molar-refractivity contribution in [3.8, 4) is 0 Å². The number of nitrogens with one attached hydrogen (secondary N) is 1. The lowest BCUT2D eigenvalue weighted by Gasteiger charge is -2.23. The average Bonchev–Trinajstić information content (AvgIpc) is 3.41. The Morgan fingerprint density at radius 3 is 2.80 bits per heavy atom. The second-order valence-electron chi connectivity index (χ2n) is 8.65. The zero-order valence-electron chi connectivity index (χ0n) is 17.1. The minimum atomic E-state index is -0.714. The maximum Gasteiger partial charge on any atom is 0.234 e. The summed E-state index contributed by atoms with van der Waals surface area (Å²) in [5.41, 5.74) is 2.29. The Balaban J connectivity index is 1.36. The van der Waals surface area contributed by atoms with Crippen molar-refractivity contribution in [1.29, 1.82) is 0 Å². The Kier molecular flexibility index (Phi) is 4.47. The van der Waals surface area contributed by atoms with Crippen molar-refractivity contribution in [2.75, 3.05) is 11.4 Å². The van der Waals surface area contributed by atoms with Crippen molar-refractivity contribution in [1.82, 2.24) is 10.3 Å². The number of amides is 2. The highest BCUT2D eigenvalue weighted by molar-refractivity contribution is 6.03. The number of carbonyl (C=O) groups excluding carboxylic acids is 2. The van der Waals surface area contributed by atoms with Crippen LogP contribution in [0.5, 0.6) is 0 Å². The van der Waals surface area contributed by atoms with Crippen LogP contribution in [0.15, 0.2) is 60.9 Å². The zero-order valence-corrected chi connectivity index (χ0v) is 17.1. The Labute approximate surface area is 175 Å². The molecule has 1 N–H and O–H groups in total. The fraction of sp³-hybridized carbons (Fsp3) is 0.375. The van der Waals surface area contributed by atoms with E-state index in [-0.39, 0.29) is 17.9 Å². The first-order valence-electron chi connectivity index (χ1n) is 10.4. The highest BCUT2D eigenvalue weighted by Gasteiger charge is 2.67. The molecule has 3 aliphatic rings. The van der Waals surface area contributed by atoms with Gasteiger partial charge in [0.1, 0.15) is 5.60 Å². The van der Waals surface area contributed by atoms with E-state index < -0.39 is 17.4 Å². The van der Waals surface area contributed by atoms with Gasteiger partial charge in [0.05, 0.1) is 24.5 Å². The third kappa shape index (κ3) is 2.94. The van der Waals surface area contributed by atoms with Crippen LogP contribution >= 0.6 is 0 Å². The molecular weight excluding hydrogens is 378 g/mol. The normalized spacial score (nSPS) is 29.0. The van der Waals surface area contributed by atoms with Gasteiger partial charge in [-0.25, -0.2) is 0 Å². The van der Waals surface area contributed by atoms with Gasteiger partial charge in [-0.3, -0.25) is 14.6 Å². The molecule has 2 saturated heterocycles. The number of hydrogen-bond acceptors (Lipinski definition) is 4. The maximum absolute atomic E-state index is 13.4. The first kappa shape index (κ1) is 19.0. The summed E-state index contributed by atoms with van der Waals surface area (Å²) >= 11 is 0. The van der Waals surface area contributed by atoms with Crippen LogP contribution in [0, 0.1) is 11.8 Å². The minimum absolute atomic E-state index is 0.0410. The van der Waals surface area contributed by atoms with Gasteiger partial charge in [0.2, 0.25) is 11.8 Å². The van der Waals surface area contributed by atoms with E-state index in [4.69, 9.17) is 4.74 Å². The topological polar surface area (TPSA) is 71.5 Å². The number of aromatic nitrogens is 1. The maximum atomic E-state index is 13.4. The van der Waals surface area contributed by atoms with Gasteiger partial charge >= 0.3 is 0 Å². The molecule has 6 nitrogen and oxygen atoms in total. The van der Waals surface area contributed by atoms with Crippen molar-refractivity contribution in [3.05, 3.63) is 72.1 Å². The molecule has 1 spiro atoms. The number of nitrogens with zero attached hydrogens (tertiary/aromatic N) is 2. The number of ether oxygens (including phenoxy) is 1. The Morgan fingerprint density at radius 2 is 2.10 bits per heavy atom. The van der Waals surface area contributed by atoms with Crippen molar-refractivity contribution < 1.29 is 14.3 Å². The van der Waals surface area contributed by atoms with E-state index in [0.29, 0.717) is 19.0 Å². The minimum Gasteiger partial charge on any atom is -0.360 e. The summed E-state index contributed by atoms with van der Waals surface area (Å²) in [5, 5.41) is 2.97. The van der Waals surface area contributed by atoms with Gasteiger partial charge in [0, 0.05) is 24.6 Å². The summed E-state index contributed by atoms with van der Waals surface area (Å²) in [7, 11) is 0. The largest absolute Gasteiger partial charge is 0.360 e. The van der Waals surface area contributed by atoms with Crippen molar-refractivity contribution in [2.45, 2.75) is 38.0 Å². The lowest BCUT2D eigenvalue weighted by molar-refractivity contribution is -0.132. The smallest absolute Gasteiger partial charge is 0.234 e. The predicted molar refractivity (Wildman–Crippen MR) is 113 cm³/mol. The summed E-state index contributed by atoms with van der Waals surface area (Å²) < 4.78 is 6.21. The van der Waals surface area contributed by atoms with Gasteiger partial charge in [-0.15, -0.1) is 0 Å². The molecule has 4 heterocycles. The van der Waals surface area contributed by atoms with Gasteiger partial charge in [-0.2, -0.15) is 0 Å². The first-order chi connectivity index (χ1) is 14.5. The number of rotatable bonds is 5. The van der Waals surface area contributed by atoms with Crippen LogP contribution in [0.2, 0.25) is 0 Å². The Hall–Kier alpha value is -2.99. The van der Waals surface area contributed by atoms with Crippen LogP contribution in [0.3, 0.4) is 0 Å². The summed E-state index contributed by atoms with van der Waals surface area (Å²) in [6, 6.07) is 11.8. The van der Waals surface area contributed by atoms with Gasteiger partial charge in [-0.1, -0.05) is 44.2 Å². The molecule has 30 heavy (non-hydrogen) atoms. The highest BCUT2D eigenvalue weighted by Crippen LogP contribution is 2.52. The van der Waals surface area contributed by atoms with Crippen LogP contribution < -0.4 is 10.2 Å². The van der Waals surface area contributed by atoms with Crippen LogP contribution in [-0.2, 0) is 20.9 Å². The van der Waals surface area contributed by atoms with Gasteiger partial charge in [0.25, 0.3) is 0 Å². The van der Waals surface area contributed by atoms with Crippen molar-refractivity contribution >= 4 is 17.5 Å². The fourth-order valence-electron chi connectivity index (χ4n) is 4.87. The quantitative estimate of drug-likeness (QED) is 0.780. The molecule has 3 aliphatic heterocycles. The molecule has 0 saturated carbocycles. The molecule has 0 aliphatic carbocycles. The van der Waals surface area contributed by atoms with Crippen molar-refractivity contribution in [3.63, 3.8) is 0 Å². The molecular formula is C24H25N3O3. The number of benzene rings is 1. The molecule has 4 unspecified atom stereocenters. The standard InChI is InChI=1S/C24H25N3O3/c1-15(2)17-5-7-18(8-6-17)27-14-24-10-9-19(30-24)20(21(24)23(27)29)22(28)26-13-16-4-3-11-25-12-16/h3-12,15,19-21H,13-14H2,1-2H3,(H,26,28). The third-order valence-corrected chi connectivity index (χ3v) is 6.46. The molecule has 4 atom stereocenters. The van der Waals surface area contributed by atoms with Crippen LogP contribution in [0.25, 0.3) is 0 Å². The van der Waals surface area contributed by atoms with Crippen LogP contribution in [0.4, 0.5) is 5.69 Å². The summed E-state index contributed by atoms with van der Waals surface area (Å²) in [4.78, 5) is 32.3. The third-order valence-electron chi connectivity index (χ3n) is 6.46. The Bertz CT molecular complexity index is 1000. The SMILES string of the molecule is CC(C)c1ccc(N2CC34C=CC(O3)C(C(=O)NCc3cccnc3)C4C2=O)cc1. The molecule has 2 bridgehead atoms. The number of pyridine rings is 1. The van der Waals surface area contributed by atoms with E-state index in [1.165, 1.54) is 5.56 Å². The summed E-state index contributed by atoms with van der Waals surface area (Å²) in [6.45, 7) is 5.11. The van der Waals surface area contributed by atoms with E-state index in [9.17, 15) is 9.59 Å². The molecule has 5 rings (SSSR count). The van der Waals surface area contributed by atoms with Crippen LogP contribution in [-0.4, -0.2) is 35.0 Å². The lowest BCUT2D eigenvalue weighted by Crippen LogP contribution is -2.44. The van der Waals surface area contributed by atoms with E-state index in [1.807, 2.05) is 36.4 Å². The Morgan fingerprint density at radius 1 is 1.30 bits per heavy atom. The number of anilines is 1. The highest BCUT2D eigenvalue weighted by atomic mass is 16.5. The average molecular weight is 403 g/mol. The van der Waals surface area contributed by atoms with Gasteiger partial charge in [-0.05, 0) is 35.2 Å². The lowest BCUT2D eigenvalue weighted by atomic mass is 9.77. The number of carbonyl (C=O) groups is 2. The molecule has 0 radical (unpaired) electrons. The monoisotopic (exact) mass is 403 g/mol. The fourth-order valence-corrected chi connectivity index (χ4v) is 4.87. The molecule has 154 valence electrons. The number of fused-ring (bicyclic) bond motifs is 1. The second kappa shape index (κ2) is 7.06. The van der Waals surface area contributed by atoms with Gasteiger partial charge in [0.15, 0.2) is 0 Å². The van der Waals surface area contributed by atoms with Crippen molar-refractivity contribution in [2.24, 2.45) is 11.8 Å². The molecule has 2 amide bonds. The van der Waals surface area contributed by atoms with E-state index in [2.05, 4.69) is 36.3 Å². The molecule has 1 aromatic carbocycles. The van der Waals surface area contributed by atoms with E-state index in [1.54, 1.807) is 17.3 Å². The first-order valence-corrected chi connectivity index (χ1v) is 10.4. The van der Waals surface area contributed by atoms with Gasteiger partial charge < -0.3 is 15.0 Å². The molecule has 1 aromatic heterocycles. The van der Waals surface area contributed by atoms with E-state index in [0.717, 1.165) is 11.3 Å². The molecule has 2 fully saturated rings. The van der Waals surface area contributed by atoms with E-state index >= 15 is 0 Å². The number of hydrogen-bond donors (Lipinski definition) is 1.